The third-order valence-corrected chi connectivity index (χ3v) is 23.5. The quantitative estimate of drug-likeness (QED) is 0.0252. The Kier molecular flexibility index (Phi) is 110. The van der Waals surface area contributed by atoms with Crippen molar-refractivity contribution in [1.82, 2.24) is 52.8 Å². The summed E-state index contributed by atoms with van der Waals surface area (Å²) in [4.78, 5) is 2.27. The standard InChI is InChI=1S/C26H56N2O4.C25H55N3O2.C24H52N2O4.C23H51N3O2/c1-4-6-7-8-9-10-11-12-13-14-15-24(3)26(30)23-28-17-19-32-21-20-31-18-16-27-22-25(29)5-2;1-4-6-7-8-9-10-11-13-16-23(3)25(30)22-27-18-15-12-14-17-26-19-20-28-21-24(29)5-2;1-4-6-7-8-9-10-11-12-13-22(3)24(28)21-26-15-17-30-19-18-29-16-14-25-20-23(27)5-2;1-5-7-8-9-10-11-12-13-14-21(3)23(28)20-25-16-18-26(4)17-15-24-19-22(27)6-2/h24-30H,4-23H2,1-3H3;23-30H,4-22H2,1-3H3;22-28H,4-21H2,1-3H3;21-25,27-28H,5-20H2,1-4H3. The third-order valence-electron chi connectivity index (χ3n) is 23.5. The molecule has 0 aromatic carbocycles. The predicted octanol–water partition coefficient (Wildman–Crippen LogP) is 15.4. The summed E-state index contributed by atoms with van der Waals surface area (Å²) in [6.07, 6.45) is 55.0. The lowest BCUT2D eigenvalue weighted by Crippen LogP contribution is -2.38. The van der Waals surface area contributed by atoms with Crippen molar-refractivity contribution >= 4 is 0 Å². The molecule has 120 heavy (non-hydrogen) atoms. The van der Waals surface area contributed by atoms with Crippen LogP contribution in [0.2, 0.25) is 0 Å². The Balaban J connectivity index is -0.000000748. The molecule has 0 aliphatic rings. The number of ether oxygens (including phenoxy) is 4. The summed E-state index contributed by atoms with van der Waals surface area (Å²) >= 11 is 0. The normalized spacial score (nSPS) is 14.8. The predicted molar refractivity (Wildman–Crippen MR) is 514 cm³/mol. The van der Waals surface area contributed by atoms with E-state index in [1.165, 1.54) is 238 Å². The maximum Gasteiger partial charge on any atom is 0.0701 e. The van der Waals surface area contributed by atoms with Gasteiger partial charge in [0.1, 0.15) is 0 Å². The van der Waals surface area contributed by atoms with Crippen LogP contribution in [0.5, 0.6) is 0 Å². The van der Waals surface area contributed by atoms with Crippen LogP contribution in [0.15, 0.2) is 0 Å². The second kappa shape index (κ2) is 105. The zero-order valence-electron chi connectivity index (χ0n) is 81.7. The van der Waals surface area contributed by atoms with E-state index < -0.39 is 0 Å². The fraction of sp³-hybridized carbons (Fsp3) is 1.00. The van der Waals surface area contributed by atoms with E-state index in [-0.39, 0.29) is 48.8 Å². The van der Waals surface area contributed by atoms with Crippen LogP contribution in [-0.4, -0.2) is 285 Å². The minimum Gasteiger partial charge on any atom is -0.392 e. The first-order chi connectivity index (χ1) is 58.3. The number of rotatable bonds is 95. The number of nitrogens with one attached hydrogen (secondary N) is 9. The summed E-state index contributed by atoms with van der Waals surface area (Å²) in [7, 11) is 2.11. The van der Waals surface area contributed by atoms with Crippen molar-refractivity contribution in [2.75, 3.05) is 191 Å². The van der Waals surface area contributed by atoms with E-state index >= 15 is 0 Å². The highest BCUT2D eigenvalue weighted by molar-refractivity contribution is 4.73. The number of hydrogen-bond acceptors (Lipinski definition) is 22. The summed E-state index contributed by atoms with van der Waals surface area (Å²) < 4.78 is 22.0. The van der Waals surface area contributed by atoms with Gasteiger partial charge >= 0.3 is 0 Å². The summed E-state index contributed by atoms with van der Waals surface area (Å²) in [5, 5.41) is 109. The number of unbranched alkanes of at least 4 members (excludes halogenated alkanes) is 32. The molecular formula is C98H214N10O12. The molecule has 0 fully saturated rings. The van der Waals surface area contributed by atoms with Crippen LogP contribution >= 0.6 is 0 Å². The number of likely N-dealkylation sites (N-methyl/N-ethyl adjacent to an activating group) is 1. The van der Waals surface area contributed by atoms with Gasteiger partial charge in [-0.25, -0.2) is 0 Å². The minimum atomic E-state index is -0.282. The van der Waals surface area contributed by atoms with Crippen molar-refractivity contribution in [3.05, 3.63) is 0 Å². The van der Waals surface area contributed by atoms with E-state index in [1.54, 1.807) is 0 Å². The number of nitrogens with zero attached hydrogens (tertiary/aromatic N) is 1. The summed E-state index contributed by atoms with van der Waals surface area (Å²) in [6.45, 7) is 46.4. The fourth-order valence-corrected chi connectivity index (χ4v) is 13.8. The van der Waals surface area contributed by atoms with Gasteiger partial charge in [-0.3, -0.25) is 0 Å². The molecule has 0 saturated heterocycles. The van der Waals surface area contributed by atoms with E-state index in [4.69, 9.17) is 18.9 Å². The molecule has 12 unspecified atom stereocenters. The Bertz CT molecular complexity index is 1780. The Hall–Kier alpha value is -0.880. The van der Waals surface area contributed by atoms with Gasteiger partial charge < -0.3 is 113 Å². The molecule has 12 atom stereocenters. The molecule has 17 N–H and O–H groups in total. The molecule has 0 rings (SSSR count). The molecule has 728 valence electrons. The van der Waals surface area contributed by atoms with Crippen LogP contribution in [0.4, 0.5) is 0 Å². The van der Waals surface area contributed by atoms with Gasteiger partial charge in [0.25, 0.3) is 0 Å². The molecule has 22 heteroatoms. The van der Waals surface area contributed by atoms with E-state index in [9.17, 15) is 40.9 Å². The largest absolute Gasteiger partial charge is 0.392 e. The monoisotopic (exact) mass is 1720 g/mol. The Morgan fingerprint density at radius 1 is 0.208 bits per heavy atom. The van der Waals surface area contributed by atoms with Crippen molar-refractivity contribution in [2.45, 2.75) is 421 Å². The molecule has 0 amide bonds. The van der Waals surface area contributed by atoms with Gasteiger partial charge in [-0.1, -0.05) is 308 Å². The summed E-state index contributed by atoms with van der Waals surface area (Å²) in [6, 6.07) is 0. The fourth-order valence-electron chi connectivity index (χ4n) is 13.8. The first-order valence-corrected chi connectivity index (χ1v) is 51.2. The molecule has 0 aromatic heterocycles. The van der Waals surface area contributed by atoms with Crippen molar-refractivity contribution in [1.29, 1.82) is 0 Å². The van der Waals surface area contributed by atoms with Crippen molar-refractivity contribution in [3.8, 4) is 0 Å². The maximum absolute atomic E-state index is 10.3. The number of aliphatic hydroxyl groups excluding tert-OH is 8. The van der Waals surface area contributed by atoms with Gasteiger partial charge in [0.15, 0.2) is 0 Å². The number of aliphatic hydroxyl groups is 8. The maximum atomic E-state index is 10.3. The second-order valence-electron chi connectivity index (χ2n) is 35.4. The number of hydrogen-bond donors (Lipinski definition) is 17. The minimum absolute atomic E-state index is 0.213. The molecule has 0 heterocycles. The van der Waals surface area contributed by atoms with Crippen LogP contribution in [-0.2, 0) is 18.9 Å². The average molecular weight is 1720 g/mol. The lowest BCUT2D eigenvalue weighted by molar-refractivity contribution is 0.0470. The van der Waals surface area contributed by atoms with Crippen molar-refractivity contribution in [2.24, 2.45) is 23.7 Å². The van der Waals surface area contributed by atoms with Crippen molar-refractivity contribution < 1.29 is 59.8 Å². The molecule has 0 aliphatic heterocycles. The van der Waals surface area contributed by atoms with E-state index in [1.807, 2.05) is 27.7 Å². The lowest BCUT2D eigenvalue weighted by Gasteiger charge is -2.21. The van der Waals surface area contributed by atoms with Gasteiger partial charge in [-0.2, -0.15) is 0 Å². The molecule has 0 bridgehead atoms. The smallest absolute Gasteiger partial charge is 0.0701 e. The SMILES string of the molecule is CCCCCCCCCCC(C)C(O)CNCCCCCNCCNCC(O)CC.CCCCCCCCCCC(C)C(O)CNCCN(C)CCNCC(O)CC.CCCCCCCCCCC(C)C(O)CNCCOCCOCCNCC(O)CC.CCCCCCCCCCCCC(C)C(O)CNCCOCCOCCNCC(O)CC. The van der Waals surface area contributed by atoms with E-state index in [2.05, 4.69) is 115 Å². The zero-order valence-corrected chi connectivity index (χ0v) is 81.7. The molecule has 0 aromatic rings. The molecule has 0 aliphatic carbocycles. The molecule has 0 spiro atoms. The Morgan fingerprint density at radius 3 is 0.658 bits per heavy atom. The van der Waals surface area contributed by atoms with Crippen LogP contribution in [0.25, 0.3) is 0 Å². The second-order valence-corrected chi connectivity index (χ2v) is 35.4. The van der Waals surface area contributed by atoms with Crippen LogP contribution in [0, 0.1) is 23.7 Å². The lowest BCUT2D eigenvalue weighted by atomic mass is 9.96. The van der Waals surface area contributed by atoms with Gasteiger partial charge in [0.05, 0.1) is 102 Å². The summed E-state index contributed by atoms with van der Waals surface area (Å²) in [5.74, 6) is 1.46. The topological polar surface area (TPSA) is 310 Å². The van der Waals surface area contributed by atoms with Crippen LogP contribution in [0.1, 0.15) is 372 Å². The van der Waals surface area contributed by atoms with E-state index in [0.717, 1.165) is 136 Å². The van der Waals surface area contributed by atoms with Crippen LogP contribution < -0.4 is 47.9 Å². The zero-order chi connectivity index (χ0) is 89.3. The Labute approximate surface area is 744 Å². The molecular weight excluding hydrogens is 1510 g/mol. The van der Waals surface area contributed by atoms with E-state index in [0.29, 0.717) is 122 Å². The molecule has 0 saturated carbocycles. The molecule has 22 nitrogen and oxygen atoms in total. The highest BCUT2D eigenvalue weighted by Gasteiger charge is 2.18. The Morgan fingerprint density at radius 2 is 0.400 bits per heavy atom. The highest BCUT2D eigenvalue weighted by Crippen LogP contribution is 2.20. The first-order valence-electron chi connectivity index (χ1n) is 51.2. The first kappa shape index (κ1) is 125. The summed E-state index contributed by atoms with van der Waals surface area (Å²) in [5.41, 5.74) is 0. The highest BCUT2D eigenvalue weighted by atomic mass is 16.5. The average Bonchev–Trinajstić information content (AvgIpc) is 0.989. The van der Waals surface area contributed by atoms with Crippen molar-refractivity contribution in [3.63, 3.8) is 0 Å². The van der Waals surface area contributed by atoms with Crippen LogP contribution in [0.3, 0.4) is 0 Å². The molecule has 0 radical (unpaired) electrons. The third kappa shape index (κ3) is 103. The van der Waals surface area contributed by atoms with Gasteiger partial charge in [-0.05, 0) is 108 Å². The van der Waals surface area contributed by atoms with Gasteiger partial charge in [0, 0.05) is 118 Å². The van der Waals surface area contributed by atoms with Gasteiger partial charge in [0.2, 0.25) is 0 Å². The van der Waals surface area contributed by atoms with Gasteiger partial charge in [-0.15, -0.1) is 0 Å².